The Labute approximate surface area is 166 Å². The SMILES string of the molecule is COc1ccc(C(C)=O)cc1CSc1nnc([C@@H]2COc3ccccc3O2)o1. The van der Waals surface area contributed by atoms with Gasteiger partial charge in [-0.1, -0.05) is 23.9 Å². The van der Waals surface area contributed by atoms with Gasteiger partial charge in [0.05, 0.1) is 7.11 Å². The maximum absolute atomic E-state index is 11.6. The summed E-state index contributed by atoms with van der Waals surface area (Å²) in [7, 11) is 1.60. The second-order valence-corrected chi connectivity index (χ2v) is 7.07. The predicted octanol–water partition coefficient (Wildman–Crippen LogP) is 4.09. The molecule has 3 aromatic rings. The first-order valence-electron chi connectivity index (χ1n) is 8.66. The van der Waals surface area contributed by atoms with Crippen molar-refractivity contribution >= 4 is 17.5 Å². The Balaban J connectivity index is 1.45. The van der Waals surface area contributed by atoms with Gasteiger partial charge in [0, 0.05) is 16.9 Å². The summed E-state index contributed by atoms with van der Waals surface area (Å²) in [5.41, 5.74) is 1.51. The summed E-state index contributed by atoms with van der Waals surface area (Å²) >= 11 is 1.37. The van der Waals surface area contributed by atoms with Crippen molar-refractivity contribution in [2.75, 3.05) is 13.7 Å². The van der Waals surface area contributed by atoms with E-state index >= 15 is 0 Å². The standard InChI is InChI=1S/C20H18N2O5S/c1-12(23)13-7-8-15(24-2)14(9-13)11-28-20-22-21-19(27-20)18-10-25-16-5-3-4-6-17(16)26-18/h3-9,18H,10-11H2,1-2H3/t18-/m0/s1. The van der Waals surface area contributed by atoms with Crippen molar-refractivity contribution in [3.05, 3.63) is 59.5 Å². The molecule has 0 N–H and O–H groups in total. The number of rotatable bonds is 6. The van der Waals surface area contributed by atoms with Crippen molar-refractivity contribution in [2.45, 2.75) is 24.0 Å². The Bertz CT molecular complexity index is 1000. The first kappa shape index (κ1) is 18.4. The van der Waals surface area contributed by atoms with Gasteiger partial charge >= 0.3 is 0 Å². The van der Waals surface area contributed by atoms with E-state index in [1.165, 1.54) is 18.7 Å². The van der Waals surface area contributed by atoms with Crippen LogP contribution in [0.15, 0.2) is 52.1 Å². The number of hydrogen-bond acceptors (Lipinski definition) is 8. The minimum atomic E-state index is -0.452. The first-order valence-corrected chi connectivity index (χ1v) is 9.65. The molecule has 0 fully saturated rings. The summed E-state index contributed by atoms with van der Waals surface area (Å²) in [5.74, 6) is 2.95. The molecular weight excluding hydrogens is 380 g/mol. The molecule has 2 heterocycles. The molecule has 0 saturated heterocycles. The highest BCUT2D eigenvalue weighted by molar-refractivity contribution is 7.98. The van der Waals surface area contributed by atoms with Crippen LogP contribution in [0, 0.1) is 0 Å². The van der Waals surface area contributed by atoms with E-state index in [4.69, 9.17) is 18.6 Å². The van der Waals surface area contributed by atoms with E-state index in [0.717, 1.165) is 5.56 Å². The Hall–Kier alpha value is -3.00. The summed E-state index contributed by atoms with van der Waals surface area (Å²) in [6.07, 6.45) is -0.452. The van der Waals surface area contributed by atoms with Crippen molar-refractivity contribution in [1.82, 2.24) is 10.2 Å². The van der Waals surface area contributed by atoms with Crippen molar-refractivity contribution in [3.63, 3.8) is 0 Å². The van der Waals surface area contributed by atoms with Crippen LogP contribution in [-0.4, -0.2) is 29.7 Å². The molecule has 144 valence electrons. The topological polar surface area (TPSA) is 83.7 Å². The number of para-hydroxylation sites is 2. The third kappa shape index (κ3) is 3.82. The number of thioether (sulfide) groups is 1. The normalized spacial score (nSPS) is 15.3. The number of benzene rings is 2. The second-order valence-electron chi connectivity index (χ2n) is 6.14. The monoisotopic (exact) mass is 398 g/mol. The van der Waals surface area contributed by atoms with Crippen LogP contribution in [0.1, 0.15) is 34.8 Å². The molecule has 28 heavy (non-hydrogen) atoms. The number of hydrogen-bond donors (Lipinski definition) is 0. The number of fused-ring (bicyclic) bond motifs is 1. The van der Waals surface area contributed by atoms with E-state index in [1.807, 2.05) is 30.3 Å². The van der Waals surface area contributed by atoms with Crippen LogP contribution in [0.4, 0.5) is 0 Å². The number of carbonyl (C=O) groups is 1. The fourth-order valence-corrected chi connectivity index (χ4v) is 3.55. The molecule has 8 heteroatoms. The van der Waals surface area contributed by atoms with E-state index in [9.17, 15) is 4.79 Å². The van der Waals surface area contributed by atoms with Gasteiger partial charge in [-0.3, -0.25) is 4.79 Å². The van der Waals surface area contributed by atoms with Crippen LogP contribution in [0.5, 0.6) is 17.2 Å². The molecule has 0 unspecified atom stereocenters. The van der Waals surface area contributed by atoms with E-state index in [0.29, 0.717) is 46.3 Å². The zero-order chi connectivity index (χ0) is 19.5. The van der Waals surface area contributed by atoms with Crippen LogP contribution in [0.3, 0.4) is 0 Å². The summed E-state index contributed by atoms with van der Waals surface area (Å²) < 4.78 is 22.7. The molecule has 0 aliphatic carbocycles. The summed E-state index contributed by atoms with van der Waals surface area (Å²) in [5, 5.41) is 8.57. The number of nitrogens with zero attached hydrogens (tertiary/aromatic N) is 2. The molecule has 1 aromatic heterocycles. The van der Waals surface area contributed by atoms with Crippen LogP contribution in [-0.2, 0) is 5.75 Å². The van der Waals surface area contributed by atoms with Crippen LogP contribution >= 0.6 is 11.8 Å². The predicted molar refractivity (Wildman–Crippen MR) is 102 cm³/mol. The number of ketones is 1. The molecule has 0 saturated carbocycles. The number of Topliss-reactive ketones (excluding diaryl/α,β-unsaturated/α-hetero) is 1. The average Bonchev–Trinajstić information content (AvgIpc) is 3.20. The van der Waals surface area contributed by atoms with Crippen LogP contribution < -0.4 is 14.2 Å². The minimum absolute atomic E-state index is 0.00343. The maximum atomic E-state index is 11.6. The quantitative estimate of drug-likeness (QED) is 0.454. The second kappa shape index (κ2) is 7.93. The highest BCUT2D eigenvalue weighted by Gasteiger charge is 2.27. The van der Waals surface area contributed by atoms with Crippen molar-refractivity contribution in [2.24, 2.45) is 0 Å². The number of carbonyl (C=O) groups excluding carboxylic acids is 1. The van der Waals surface area contributed by atoms with Crippen LogP contribution in [0.25, 0.3) is 0 Å². The van der Waals surface area contributed by atoms with E-state index in [1.54, 1.807) is 19.2 Å². The molecule has 7 nitrogen and oxygen atoms in total. The lowest BCUT2D eigenvalue weighted by Gasteiger charge is -2.23. The highest BCUT2D eigenvalue weighted by atomic mass is 32.2. The fraction of sp³-hybridized carbons (Fsp3) is 0.250. The van der Waals surface area contributed by atoms with E-state index in [-0.39, 0.29) is 5.78 Å². The molecule has 1 aliphatic heterocycles. The molecule has 0 spiro atoms. The zero-order valence-electron chi connectivity index (χ0n) is 15.4. The molecule has 1 atom stereocenters. The number of methoxy groups -OCH3 is 1. The number of ether oxygens (including phenoxy) is 3. The van der Waals surface area contributed by atoms with Gasteiger partial charge in [0.25, 0.3) is 11.1 Å². The molecule has 2 aromatic carbocycles. The van der Waals surface area contributed by atoms with Gasteiger partial charge in [-0.05, 0) is 37.3 Å². The van der Waals surface area contributed by atoms with Crippen molar-refractivity contribution < 1.29 is 23.4 Å². The van der Waals surface area contributed by atoms with E-state index in [2.05, 4.69) is 10.2 Å². The largest absolute Gasteiger partial charge is 0.496 e. The molecule has 0 radical (unpaired) electrons. The molecule has 0 bridgehead atoms. The lowest BCUT2D eigenvalue weighted by Crippen LogP contribution is -2.21. The maximum Gasteiger partial charge on any atom is 0.277 e. The summed E-state index contributed by atoms with van der Waals surface area (Å²) in [6.45, 7) is 1.84. The number of aromatic nitrogens is 2. The van der Waals surface area contributed by atoms with Gasteiger partial charge in [0.1, 0.15) is 12.4 Å². The van der Waals surface area contributed by atoms with Crippen molar-refractivity contribution in [1.29, 1.82) is 0 Å². The summed E-state index contributed by atoms with van der Waals surface area (Å²) in [4.78, 5) is 11.6. The molecule has 0 amide bonds. The fourth-order valence-electron chi connectivity index (χ4n) is 2.80. The Morgan fingerprint density at radius 1 is 1.21 bits per heavy atom. The average molecular weight is 398 g/mol. The third-order valence-corrected chi connectivity index (χ3v) is 5.11. The van der Waals surface area contributed by atoms with Crippen molar-refractivity contribution in [3.8, 4) is 17.2 Å². The lowest BCUT2D eigenvalue weighted by atomic mass is 10.1. The molecule has 4 rings (SSSR count). The highest BCUT2D eigenvalue weighted by Crippen LogP contribution is 2.36. The van der Waals surface area contributed by atoms with Gasteiger partial charge in [0.2, 0.25) is 6.10 Å². The van der Waals surface area contributed by atoms with Gasteiger partial charge in [-0.25, -0.2) is 0 Å². The Morgan fingerprint density at radius 3 is 2.82 bits per heavy atom. The van der Waals surface area contributed by atoms with Crippen LogP contribution in [0.2, 0.25) is 0 Å². The smallest absolute Gasteiger partial charge is 0.277 e. The van der Waals surface area contributed by atoms with Gasteiger partial charge < -0.3 is 18.6 Å². The molecule has 1 aliphatic rings. The van der Waals surface area contributed by atoms with E-state index < -0.39 is 6.10 Å². The Kier molecular flexibility index (Phi) is 5.21. The lowest BCUT2D eigenvalue weighted by molar-refractivity contribution is 0.0686. The van der Waals surface area contributed by atoms with Gasteiger partial charge in [-0.2, -0.15) is 0 Å². The summed E-state index contributed by atoms with van der Waals surface area (Å²) in [6, 6.07) is 12.8. The van der Waals surface area contributed by atoms with Gasteiger partial charge in [0.15, 0.2) is 17.3 Å². The molecular formula is C20H18N2O5S. The zero-order valence-corrected chi connectivity index (χ0v) is 16.2. The minimum Gasteiger partial charge on any atom is -0.496 e. The Morgan fingerprint density at radius 2 is 2.04 bits per heavy atom. The van der Waals surface area contributed by atoms with Gasteiger partial charge in [-0.15, -0.1) is 10.2 Å². The first-order chi connectivity index (χ1) is 13.6. The third-order valence-electron chi connectivity index (χ3n) is 4.24.